The predicted molar refractivity (Wildman–Crippen MR) is 105 cm³/mol. The van der Waals surface area contributed by atoms with Crippen molar-refractivity contribution in [2.24, 2.45) is 11.8 Å². The van der Waals surface area contributed by atoms with E-state index in [1.807, 2.05) is 58.0 Å². The van der Waals surface area contributed by atoms with Crippen LogP contribution in [-0.2, 0) is 16.1 Å². The van der Waals surface area contributed by atoms with Crippen LogP contribution in [0.2, 0.25) is 0 Å². The van der Waals surface area contributed by atoms with E-state index in [-0.39, 0.29) is 36.2 Å². The lowest BCUT2D eigenvalue weighted by atomic mass is 10.1. The molecule has 0 saturated carbocycles. The van der Waals surface area contributed by atoms with Gasteiger partial charge in [0.1, 0.15) is 0 Å². The average Bonchev–Trinajstić information content (AvgIpc) is 2.95. The van der Waals surface area contributed by atoms with Gasteiger partial charge in [-0.25, -0.2) is 9.58 Å². The molecule has 8 heteroatoms. The number of aromatic nitrogens is 3. The average molecular weight is 385 g/mol. The fourth-order valence-electron chi connectivity index (χ4n) is 2.70. The molecule has 0 atom stereocenters. The fraction of sp³-hybridized carbons (Fsp3) is 0.450. The van der Waals surface area contributed by atoms with Gasteiger partial charge in [0.2, 0.25) is 11.8 Å². The third-order valence-electron chi connectivity index (χ3n) is 4.02. The molecule has 1 aromatic carbocycles. The second kappa shape index (κ2) is 9.25. The van der Waals surface area contributed by atoms with Gasteiger partial charge in [0.25, 0.3) is 5.91 Å². The summed E-state index contributed by atoms with van der Waals surface area (Å²) in [6, 6.07) is 9.44. The Morgan fingerprint density at radius 2 is 1.54 bits per heavy atom. The molecule has 8 nitrogen and oxygen atoms in total. The van der Waals surface area contributed by atoms with Crippen molar-refractivity contribution >= 4 is 23.5 Å². The van der Waals surface area contributed by atoms with Gasteiger partial charge in [-0.15, -0.1) is 5.10 Å². The van der Waals surface area contributed by atoms with Crippen molar-refractivity contribution in [3.63, 3.8) is 0 Å². The highest BCUT2D eigenvalue weighted by atomic mass is 16.2. The lowest BCUT2D eigenvalue weighted by molar-refractivity contribution is -0.142. The molecule has 2 rings (SSSR count). The van der Waals surface area contributed by atoms with Gasteiger partial charge in [-0.2, -0.15) is 0 Å². The third kappa shape index (κ3) is 5.25. The van der Waals surface area contributed by atoms with Crippen LogP contribution < -0.4 is 5.73 Å². The Kier molecular flexibility index (Phi) is 7.03. The molecule has 28 heavy (non-hydrogen) atoms. The molecular weight excluding hydrogens is 358 g/mol. The van der Waals surface area contributed by atoms with Crippen molar-refractivity contribution in [3.05, 3.63) is 41.6 Å². The van der Waals surface area contributed by atoms with Crippen molar-refractivity contribution in [1.82, 2.24) is 19.9 Å². The van der Waals surface area contributed by atoms with Crippen LogP contribution in [0.15, 0.2) is 30.3 Å². The number of hydrogen-bond donors (Lipinski definition) is 1. The highest BCUT2D eigenvalue weighted by Gasteiger charge is 2.33. The number of imide groups is 3. The Balaban J connectivity index is 2.30. The predicted octanol–water partition coefficient (Wildman–Crippen LogP) is 2.50. The molecule has 0 spiro atoms. The summed E-state index contributed by atoms with van der Waals surface area (Å²) in [4.78, 5) is 38.8. The Bertz CT molecular complexity index is 821. The largest absolute Gasteiger partial charge is 0.382 e. The van der Waals surface area contributed by atoms with Gasteiger partial charge < -0.3 is 5.73 Å². The third-order valence-corrected chi connectivity index (χ3v) is 4.02. The van der Waals surface area contributed by atoms with Crippen LogP contribution in [0.3, 0.4) is 0 Å². The van der Waals surface area contributed by atoms with Crippen molar-refractivity contribution < 1.29 is 14.4 Å². The number of amides is 3. The summed E-state index contributed by atoms with van der Waals surface area (Å²) < 4.78 is 1.38. The van der Waals surface area contributed by atoms with E-state index in [4.69, 9.17) is 5.73 Å². The second-order valence-corrected chi connectivity index (χ2v) is 7.59. The fourth-order valence-corrected chi connectivity index (χ4v) is 2.70. The molecule has 2 aromatic rings. The van der Waals surface area contributed by atoms with E-state index in [2.05, 4.69) is 10.3 Å². The molecule has 2 N–H and O–H groups in total. The quantitative estimate of drug-likeness (QED) is 0.784. The Hall–Kier alpha value is -3.03. The van der Waals surface area contributed by atoms with Crippen molar-refractivity contribution in [1.29, 1.82) is 0 Å². The number of nitrogens with zero attached hydrogens (tertiary/aromatic N) is 4. The van der Waals surface area contributed by atoms with E-state index in [9.17, 15) is 14.4 Å². The van der Waals surface area contributed by atoms with Crippen LogP contribution >= 0.6 is 0 Å². The van der Waals surface area contributed by atoms with E-state index in [1.165, 1.54) is 4.68 Å². The number of rotatable bonds is 7. The number of anilines is 1. The van der Waals surface area contributed by atoms with Crippen LogP contribution in [0.25, 0.3) is 0 Å². The zero-order chi connectivity index (χ0) is 20.8. The standard InChI is InChI=1S/C20H27N5O3/c1-13(2)10-16(26)25(17(27)11-14(3)4)20(28)18-19(21)24(23-22-18)12-15-8-6-5-7-9-15/h5-9,13-14H,10-12,21H2,1-4H3. The van der Waals surface area contributed by atoms with Gasteiger partial charge in [-0.1, -0.05) is 63.2 Å². The first kappa shape index (κ1) is 21.3. The molecule has 0 aliphatic heterocycles. The summed E-state index contributed by atoms with van der Waals surface area (Å²) in [7, 11) is 0. The van der Waals surface area contributed by atoms with Gasteiger partial charge in [0.05, 0.1) is 6.54 Å². The molecule has 0 unspecified atom stereocenters. The molecular formula is C20H27N5O3. The maximum atomic E-state index is 13.0. The Morgan fingerprint density at radius 3 is 2.04 bits per heavy atom. The molecule has 1 aromatic heterocycles. The molecule has 0 aliphatic carbocycles. The van der Waals surface area contributed by atoms with Gasteiger partial charge >= 0.3 is 0 Å². The number of carbonyl (C=O) groups is 3. The van der Waals surface area contributed by atoms with Crippen LogP contribution in [0.4, 0.5) is 5.82 Å². The van der Waals surface area contributed by atoms with Crippen LogP contribution in [-0.4, -0.2) is 37.6 Å². The first-order valence-electron chi connectivity index (χ1n) is 9.33. The minimum absolute atomic E-state index is 0.000704. The van der Waals surface area contributed by atoms with E-state index in [0.29, 0.717) is 11.4 Å². The Morgan fingerprint density at radius 1 is 1.00 bits per heavy atom. The molecule has 0 aliphatic rings. The molecule has 0 radical (unpaired) electrons. The van der Waals surface area contributed by atoms with E-state index in [0.717, 1.165) is 5.56 Å². The maximum absolute atomic E-state index is 13.0. The normalized spacial score (nSPS) is 11.1. The van der Waals surface area contributed by atoms with E-state index < -0.39 is 17.7 Å². The molecule has 0 saturated heterocycles. The molecule has 1 heterocycles. The zero-order valence-electron chi connectivity index (χ0n) is 16.8. The van der Waals surface area contributed by atoms with Crippen molar-refractivity contribution in [3.8, 4) is 0 Å². The van der Waals surface area contributed by atoms with E-state index >= 15 is 0 Å². The summed E-state index contributed by atoms with van der Waals surface area (Å²) >= 11 is 0. The minimum Gasteiger partial charge on any atom is -0.382 e. The smallest absolute Gasteiger partial charge is 0.291 e. The number of nitrogens with two attached hydrogens (primary N) is 1. The monoisotopic (exact) mass is 385 g/mol. The summed E-state index contributed by atoms with van der Waals surface area (Å²) in [5.41, 5.74) is 6.80. The number of benzene rings is 1. The van der Waals surface area contributed by atoms with Crippen molar-refractivity contribution in [2.45, 2.75) is 47.1 Å². The molecule has 0 bridgehead atoms. The highest BCUT2D eigenvalue weighted by molar-refractivity contribution is 6.16. The number of carbonyl (C=O) groups excluding carboxylic acids is 3. The maximum Gasteiger partial charge on any atom is 0.291 e. The van der Waals surface area contributed by atoms with Crippen LogP contribution in [0.5, 0.6) is 0 Å². The van der Waals surface area contributed by atoms with Gasteiger partial charge in [0, 0.05) is 12.8 Å². The van der Waals surface area contributed by atoms with Gasteiger partial charge in [-0.3, -0.25) is 14.4 Å². The Labute approximate surface area is 164 Å². The summed E-state index contributed by atoms with van der Waals surface area (Å²) in [5.74, 6) is -1.91. The van der Waals surface area contributed by atoms with Gasteiger partial charge in [0.15, 0.2) is 11.5 Å². The van der Waals surface area contributed by atoms with Crippen LogP contribution in [0.1, 0.15) is 56.6 Å². The first-order valence-corrected chi connectivity index (χ1v) is 9.33. The summed E-state index contributed by atoms with van der Waals surface area (Å²) in [6.45, 7) is 7.71. The SMILES string of the molecule is CC(C)CC(=O)N(C(=O)CC(C)C)C(=O)c1nnn(Cc2ccccc2)c1N. The first-order chi connectivity index (χ1) is 13.2. The molecule has 150 valence electrons. The lowest BCUT2D eigenvalue weighted by Gasteiger charge is -2.20. The zero-order valence-corrected chi connectivity index (χ0v) is 16.8. The lowest BCUT2D eigenvalue weighted by Crippen LogP contribution is -2.43. The highest BCUT2D eigenvalue weighted by Crippen LogP contribution is 2.17. The number of hydrogen-bond acceptors (Lipinski definition) is 6. The minimum atomic E-state index is -0.826. The second-order valence-electron chi connectivity index (χ2n) is 7.59. The molecule has 3 amide bonds. The van der Waals surface area contributed by atoms with Crippen LogP contribution in [0, 0.1) is 11.8 Å². The van der Waals surface area contributed by atoms with E-state index in [1.54, 1.807) is 0 Å². The topological polar surface area (TPSA) is 111 Å². The van der Waals surface area contributed by atoms with Gasteiger partial charge in [-0.05, 0) is 17.4 Å². The number of nitrogen functional groups attached to an aromatic ring is 1. The molecule has 0 fully saturated rings. The summed E-state index contributed by atoms with van der Waals surface area (Å²) in [5, 5.41) is 7.77. The summed E-state index contributed by atoms with van der Waals surface area (Å²) in [6.07, 6.45) is 0.154. The van der Waals surface area contributed by atoms with Crippen molar-refractivity contribution in [2.75, 3.05) is 5.73 Å².